The molecule has 0 bridgehead atoms. The van der Waals surface area contributed by atoms with Crippen LogP contribution in [-0.2, 0) is 14.3 Å². The van der Waals surface area contributed by atoms with Crippen molar-refractivity contribution in [2.45, 2.75) is 127 Å². The zero-order valence-electron chi connectivity index (χ0n) is 28.4. The van der Waals surface area contributed by atoms with Gasteiger partial charge in [0.1, 0.15) is 6.07 Å². The highest BCUT2D eigenvalue weighted by atomic mass is 16.5. The summed E-state index contributed by atoms with van der Waals surface area (Å²) in [5, 5.41) is 12.7. The number of nitriles is 1. The number of ether oxygens (including phenoxy) is 1. The molecule has 5 atom stereocenters. The van der Waals surface area contributed by atoms with Gasteiger partial charge in [0, 0.05) is 23.3 Å². The monoisotopic (exact) mass is 592 g/mol. The van der Waals surface area contributed by atoms with Gasteiger partial charge in [-0.1, -0.05) is 67.0 Å². The minimum absolute atomic E-state index is 0.0474. The highest BCUT2D eigenvalue weighted by molar-refractivity contribution is 6.04. The van der Waals surface area contributed by atoms with E-state index in [0.717, 1.165) is 56.9 Å². The number of allylic oxidation sites excluding steroid dienone is 4. The molecular formula is C37H56N2O4. The Kier molecular flexibility index (Phi) is 8.95. The number of alkyl carbamates (subject to hydrolysis) is 1. The maximum Gasteiger partial charge on any atom is 0.407 e. The third kappa shape index (κ3) is 5.64. The maximum atomic E-state index is 13.9. The van der Waals surface area contributed by atoms with Crippen molar-refractivity contribution in [3.05, 3.63) is 23.3 Å². The van der Waals surface area contributed by atoms with Crippen molar-refractivity contribution in [2.24, 2.45) is 44.3 Å². The zero-order chi connectivity index (χ0) is 32.1. The summed E-state index contributed by atoms with van der Waals surface area (Å²) < 4.78 is 5.44. The van der Waals surface area contributed by atoms with Crippen LogP contribution in [0.15, 0.2) is 23.3 Å². The number of ketones is 2. The third-order valence-corrected chi connectivity index (χ3v) is 13.3. The average Bonchev–Trinajstić information content (AvgIpc) is 2.94. The fourth-order valence-electron chi connectivity index (χ4n) is 9.77. The van der Waals surface area contributed by atoms with Gasteiger partial charge in [0.25, 0.3) is 0 Å². The summed E-state index contributed by atoms with van der Waals surface area (Å²) in [6.45, 7) is 20.6. The van der Waals surface area contributed by atoms with E-state index in [2.05, 4.69) is 52.9 Å². The summed E-state index contributed by atoms with van der Waals surface area (Å²) in [5.74, 6) is 0.0364. The second-order valence-electron chi connectivity index (χ2n) is 16.5. The fraction of sp³-hybridized carbons (Fsp3) is 0.784. The van der Waals surface area contributed by atoms with Crippen LogP contribution in [0.1, 0.15) is 127 Å². The van der Waals surface area contributed by atoms with E-state index >= 15 is 0 Å². The number of amides is 1. The minimum atomic E-state index is -0.658. The zero-order valence-corrected chi connectivity index (χ0v) is 28.4. The molecule has 0 spiro atoms. The number of carbonyl (C=O) groups is 3. The van der Waals surface area contributed by atoms with Crippen molar-refractivity contribution in [3.8, 4) is 6.07 Å². The lowest BCUT2D eigenvalue weighted by atomic mass is 9.38. The van der Waals surface area contributed by atoms with E-state index in [9.17, 15) is 19.6 Å². The molecule has 0 saturated heterocycles. The Balaban J connectivity index is 1.65. The number of nitrogens with one attached hydrogen (secondary N) is 1. The Morgan fingerprint density at radius 2 is 1.65 bits per heavy atom. The minimum Gasteiger partial charge on any atom is -0.450 e. The highest BCUT2D eigenvalue weighted by Crippen LogP contribution is 2.70. The van der Waals surface area contributed by atoms with Gasteiger partial charge in [-0.15, -0.1) is 0 Å². The molecule has 1 N–H and O–H groups in total. The number of nitrogens with zero attached hydrogens (tertiary/aromatic N) is 1. The lowest BCUT2D eigenvalue weighted by Crippen LogP contribution is -2.59. The molecule has 4 aliphatic carbocycles. The molecule has 6 nitrogen and oxygen atoms in total. The van der Waals surface area contributed by atoms with Crippen molar-refractivity contribution in [3.63, 3.8) is 0 Å². The standard InChI is InChI=1S/C37H56N2O4/c1-10-39-31(42)43-21-11-13-37(18-15-32(3,4)16-19-37)20-17-35(8)25(2)27(40)22-29-34(7)23-26(24-38)30(41)33(5,6)28(34)12-14-36(29,35)9/h22-23,25,28H,10-21H2,1-9H3,(H,39,42)/t25?,28-,34-,35+,36+/m0/s1. The average molecular weight is 593 g/mol. The summed E-state index contributed by atoms with van der Waals surface area (Å²) >= 11 is 0. The molecule has 0 radical (unpaired) electrons. The molecule has 0 aromatic heterocycles. The molecule has 0 aromatic carbocycles. The number of rotatable bonds is 8. The van der Waals surface area contributed by atoms with Crippen LogP contribution >= 0.6 is 0 Å². The van der Waals surface area contributed by atoms with Crippen LogP contribution in [0.4, 0.5) is 4.79 Å². The molecule has 2 fully saturated rings. The van der Waals surface area contributed by atoms with Crippen LogP contribution in [0, 0.1) is 55.7 Å². The van der Waals surface area contributed by atoms with Crippen molar-refractivity contribution in [1.82, 2.24) is 5.32 Å². The van der Waals surface area contributed by atoms with Crippen LogP contribution in [0.3, 0.4) is 0 Å². The first-order valence-electron chi connectivity index (χ1n) is 16.8. The van der Waals surface area contributed by atoms with Crippen molar-refractivity contribution < 1.29 is 19.1 Å². The first-order valence-corrected chi connectivity index (χ1v) is 16.8. The number of carbonyl (C=O) groups excluding carboxylic acids is 3. The van der Waals surface area contributed by atoms with E-state index in [1.165, 1.54) is 12.8 Å². The number of hydrogen-bond donors (Lipinski definition) is 1. The summed E-state index contributed by atoms with van der Waals surface area (Å²) in [5.41, 5.74) is 0.206. The normalized spacial score (nSPS) is 35.9. The Bertz CT molecular complexity index is 1240. The third-order valence-electron chi connectivity index (χ3n) is 13.3. The van der Waals surface area contributed by atoms with Crippen molar-refractivity contribution in [2.75, 3.05) is 13.2 Å². The Morgan fingerprint density at radius 1 is 1.00 bits per heavy atom. The SMILES string of the molecule is CCNC(=O)OCCCC1(CC[C@]2(C)C(C)C(=O)C=C3[C@@]4(C)C=C(C#N)C(=O)C(C)(C)[C@@H]4CC[C@]32C)CCC(C)(C)CC1. The molecule has 2 saturated carbocycles. The Labute approximate surface area is 260 Å². The van der Waals surface area contributed by atoms with Crippen molar-refractivity contribution >= 4 is 17.7 Å². The highest BCUT2D eigenvalue weighted by Gasteiger charge is 2.64. The van der Waals surface area contributed by atoms with E-state index in [0.29, 0.717) is 18.6 Å². The van der Waals surface area contributed by atoms with Gasteiger partial charge in [0.15, 0.2) is 11.6 Å². The molecule has 6 heteroatoms. The van der Waals surface area contributed by atoms with Crippen molar-refractivity contribution in [1.29, 1.82) is 5.26 Å². The van der Waals surface area contributed by atoms with Gasteiger partial charge in [-0.3, -0.25) is 9.59 Å². The molecular weight excluding hydrogens is 536 g/mol. The molecule has 0 aromatic rings. The number of Topliss-reactive ketones (excluding diaryl/α,β-unsaturated/α-hetero) is 1. The van der Waals surface area contributed by atoms with Gasteiger partial charge in [0.2, 0.25) is 0 Å². The number of hydrogen-bond acceptors (Lipinski definition) is 5. The fourth-order valence-corrected chi connectivity index (χ4v) is 9.77. The van der Waals surface area contributed by atoms with Gasteiger partial charge < -0.3 is 10.1 Å². The van der Waals surface area contributed by atoms with E-state index in [1.54, 1.807) is 0 Å². The Morgan fingerprint density at radius 3 is 2.26 bits per heavy atom. The summed E-state index contributed by atoms with van der Waals surface area (Å²) in [4.78, 5) is 39.0. The van der Waals surface area contributed by atoms with Gasteiger partial charge in [0.05, 0.1) is 12.2 Å². The first kappa shape index (κ1) is 33.5. The second kappa shape index (κ2) is 11.5. The van der Waals surface area contributed by atoms with Gasteiger partial charge >= 0.3 is 6.09 Å². The first-order chi connectivity index (χ1) is 19.9. The largest absolute Gasteiger partial charge is 0.450 e. The van der Waals surface area contributed by atoms with Gasteiger partial charge in [-0.05, 0) is 105 Å². The van der Waals surface area contributed by atoms with Crippen LogP contribution in [-0.4, -0.2) is 30.8 Å². The van der Waals surface area contributed by atoms with Gasteiger partial charge in [-0.2, -0.15) is 5.26 Å². The van der Waals surface area contributed by atoms with Crippen LogP contribution in [0.5, 0.6) is 0 Å². The topological polar surface area (TPSA) is 96.3 Å². The van der Waals surface area contributed by atoms with E-state index in [4.69, 9.17) is 4.74 Å². The summed E-state index contributed by atoms with van der Waals surface area (Å²) in [6, 6.07) is 2.20. The van der Waals surface area contributed by atoms with E-state index in [1.807, 2.05) is 32.9 Å². The maximum absolute atomic E-state index is 13.9. The predicted octanol–water partition coefficient (Wildman–Crippen LogP) is 8.51. The molecule has 4 aliphatic rings. The molecule has 0 aliphatic heterocycles. The van der Waals surface area contributed by atoms with Gasteiger partial charge in [-0.25, -0.2) is 4.79 Å². The molecule has 0 heterocycles. The molecule has 4 rings (SSSR count). The van der Waals surface area contributed by atoms with Crippen LogP contribution in [0.25, 0.3) is 0 Å². The lowest BCUT2D eigenvalue weighted by Gasteiger charge is -2.64. The predicted molar refractivity (Wildman–Crippen MR) is 170 cm³/mol. The summed E-state index contributed by atoms with van der Waals surface area (Å²) in [7, 11) is 0. The Hall–Kier alpha value is -2.42. The lowest BCUT2D eigenvalue weighted by molar-refractivity contribution is -0.137. The second-order valence-corrected chi connectivity index (χ2v) is 16.5. The van der Waals surface area contributed by atoms with E-state index < -0.39 is 10.8 Å². The molecule has 43 heavy (non-hydrogen) atoms. The quantitative estimate of drug-likeness (QED) is 0.285. The number of fused-ring (bicyclic) bond motifs is 3. The van der Waals surface area contributed by atoms with E-state index in [-0.39, 0.29) is 51.3 Å². The molecule has 238 valence electrons. The molecule has 1 amide bonds. The summed E-state index contributed by atoms with van der Waals surface area (Å²) in [6.07, 6.45) is 13.8. The van der Waals surface area contributed by atoms with Crippen LogP contribution < -0.4 is 5.32 Å². The van der Waals surface area contributed by atoms with Crippen LogP contribution in [0.2, 0.25) is 0 Å². The smallest absolute Gasteiger partial charge is 0.407 e. The molecule has 1 unspecified atom stereocenters.